The SMILES string of the molecule is COc1ccc(CC(CN)Cc2c(F)cccc2F)cc1. The Hall–Kier alpha value is -1.94. The summed E-state index contributed by atoms with van der Waals surface area (Å²) in [6.07, 6.45) is 0.968. The second-order valence-corrected chi connectivity index (χ2v) is 5.06. The van der Waals surface area contributed by atoms with Gasteiger partial charge in [-0.3, -0.25) is 0 Å². The van der Waals surface area contributed by atoms with Crippen molar-refractivity contribution in [2.75, 3.05) is 13.7 Å². The Kier molecular flexibility index (Phi) is 5.28. The minimum Gasteiger partial charge on any atom is -0.497 e. The average molecular weight is 291 g/mol. The Morgan fingerprint density at radius 3 is 2.14 bits per heavy atom. The molecule has 2 aromatic carbocycles. The first-order chi connectivity index (χ1) is 10.1. The number of nitrogens with two attached hydrogens (primary N) is 1. The predicted molar refractivity (Wildman–Crippen MR) is 79.3 cm³/mol. The van der Waals surface area contributed by atoms with Crippen LogP contribution in [0.3, 0.4) is 0 Å². The Morgan fingerprint density at radius 2 is 1.62 bits per heavy atom. The van der Waals surface area contributed by atoms with Gasteiger partial charge in [0.1, 0.15) is 17.4 Å². The summed E-state index contributed by atoms with van der Waals surface area (Å²) in [5, 5.41) is 0. The Morgan fingerprint density at radius 1 is 1.00 bits per heavy atom. The fourth-order valence-electron chi connectivity index (χ4n) is 2.35. The monoisotopic (exact) mass is 291 g/mol. The van der Waals surface area contributed by atoms with E-state index in [2.05, 4.69) is 0 Å². The normalized spacial score (nSPS) is 12.2. The van der Waals surface area contributed by atoms with Gasteiger partial charge in [0.15, 0.2) is 0 Å². The standard InChI is InChI=1S/C17H19F2NO/c1-21-14-7-5-12(6-8-14)9-13(11-20)10-15-16(18)3-2-4-17(15)19/h2-8,13H,9-11,20H2,1H3. The van der Waals surface area contributed by atoms with E-state index >= 15 is 0 Å². The van der Waals surface area contributed by atoms with E-state index in [9.17, 15) is 8.78 Å². The summed E-state index contributed by atoms with van der Waals surface area (Å²) in [6.45, 7) is 0.375. The van der Waals surface area contributed by atoms with Crippen LogP contribution in [0.5, 0.6) is 5.75 Å². The van der Waals surface area contributed by atoms with Crippen molar-refractivity contribution < 1.29 is 13.5 Å². The van der Waals surface area contributed by atoms with Gasteiger partial charge in [-0.2, -0.15) is 0 Å². The number of benzene rings is 2. The van der Waals surface area contributed by atoms with Crippen LogP contribution in [0.2, 0.25) is 0 Å². The van der Waals surface area contributed by atoms with E-state index < -0.39 is 11.6 Å². The van der Waals surface area contributed by atoms with Crippen molar-refractivity contribution in [3.63, 3.8) is 0 Å². The van der Waals surface area contributed by atoms with Crippen LogP contribution in [0.25, 0.3) is 0 Å². The minimum absolute atomic E-state index is 0.00945. The van der Waals surface area contributed by atoms with Crippen molar-refractivity contribution in [3.8, 4) is 5.75 Å². The molecule has 0 aliphatic carbocycles. The number of ether oxygens (including phenoxy) is 1. The minimum atomic E-state index is -0.511. The van der Waals surface area contributed by atoms with Crippen LogP contribution in [0.15, 0.2) is 42.5 Å². The second-order valence-electron chi connectivity index (χ2n) is 5.06. The molecule has 2 rings (SSSR count). The number of halogens is 2. The number of hydrogen-bond donors (Lipinski definition) is 1. The van der Waals surface area contributed by atoms with Crippen molar-refractivity contribution in [1.82, 2.24) is 0 Å². The molecular formula is C17H19F2NO. The zero-order valence-corrected chi connectivity index (χ0v) is 12.0. The van der Waals surface area contributed by atoms with E-state index in [0.717, 1.165) is 11.3 Å². The molecule has 0 heterocycles. The van der Waals surface area contributed by atoms with E-state index in [4.69, 9.17) is 10.5 Å². The van der Waals surface area contributed by atoms with Gasteiger partial charge in [0.05, 0.1) is 7.11 Å². The van der Waals surface area contributed by atoms with Crippen molar-refractivity contribution in [3.05, 3.63) is 65.2 Å². The molecule has 2 N–H and O–H groups in total. The molecule has 0 aromatic heterocycles. The molecule has 1 atom stereocenters. The Balaban J connectivity index is 2.09. The quantitative estimate of drug-likeness (QED) is 0.886. The fraction of sp³-hybridized carbons (Fsp3) is 0.294. The molecule has 0 fully saturated rings. The molecule has 0 aliphatic heterocycles. The molecular weight excluding hydrogens is 272 g/mol. The highest BCUT2D eigenvalue weighted by Gasteiger charge is 2.15. The summed E-state index contributed by atoms with van der Waals surface area (Å²) >= 11 is 0. The van der Waals surface area contributed by atoms with Gasteiger partial charge < -0.3 is 10.5 Å². The molecule has 1 unspecified atom stereocenters. The van der Waals surface area contributed by atoms with E-state index in [1.54, 1.807) is 7.11 Å². The first kappa shape index (κ1) is 15.4. The zero-order valence-electron chi connectivity index (χ0n) is 12.0. The summed E-state index contributed by atoms with van der Waals surface area (Å²) in [5.74, 6) is -0.251. The molecule has 0 spiro atoms. The largest absolute Gasteiger partial charge is 0.497 e. The number of hydrogen-bond acceptors (Lipinski definition) is 2. The van der Waals surface area contributed by atoms with Gasteiger partial charge in [-0.05, 0) is 55.1 Å². The van der Waals surface area contributed by atoms with E-state index in [-0.39, 0.29) is 11.5 Å². The Bertz CT molecular complexity index is 564. The first-order valence-corrected chi connectivity index (χ1v) is 6.90. The van der Waals surface area contributed by atoms with Gasteiger partial charge >= 0.3 is 0 Å². The smallest absolute Gasteiger partial charge is 0.129 e. The molecule has 2 nitrogen and oxygen atoms in total. The summed E-state index contributed by atoms with van der Waals surface area (Å²) in [7, 11) is 1.61. The van der Waals surface area contributed by atoms with Gasteiger partial charge in [0.2, 0.25) is 0 Å². The van der Waals surface area contributed by atoms with E-state index in [0.29, 0.717) is 19.4 Å². The van der Waals surface area contributed by atoms with Gasteiger partial charge in [-0.15, -0.1) is 0 Å². The van der Waals surface area contributed by atoms with Crippen LogP contribution >= 0.6 is 0 Å². The Labute approximate surface area is 123 Å². The van der Waals surface area contributed by atoms with Crippen LogP contribution in [-0.2, 0) is 12.8 Å². The van der Waals surface area contributed by atoms with Gasteiger partial charge in [0, 0.05) is 5.56 Å². The molecule has 0 amide bonds. The highest BCUT2D eigenvalue weighted by molar-refractivity contribution is 5.28. The molecule has 0 radical (unpaired) electrons. The van der Waals surface area contributed by atoms with Crippen LogP contribution in [-0.4, -0.2) is 13.7 Å². The van der Waals surface area contributed by atoms with E-state index in [1.165, 1.54) is 18.2 Å². The molecule has 21 heavy (non-hydrogen) atoms. The van der Waals surface area contributed by atoms with Crippen LogP contribution in [0.1, 0.15) is 11.1 Å². The van der Waals surface area contributed by atoms with Crippen molar-refractivity contribution in [2.24, 2.45) is 11.7 Å². The third-order valence-electron chi connectivity index (χ3n) is 3.57. The molecule has 2 aromatic rings. The zero-order chi connectivity index (χ0) is 15.2. The fourth-order valence-corrected chi connectivity index (χ4v) is 2.35. The highest BCUT2D eigenvalue weighted by Crippen LogP contribution is 2.20. The lowest BCUT2D eigenvalue weighted by atomic mass is 9.92. The lowest BCUT2D eigenvalue weighted by Gasteiger charge is -2.16. The van der Waals surface area contributed by atoms with Gasteiger partial charge in [0.25, 0.3) is 0 Å². The lowest BCUT2D eigenvalue weighted by molar-refractivity contribution is 0.414. The van der Waals surface area contributed by atoms with Crippen LogP contribution in [0, 0.1) is 17.6 Å². The van der Waals surface area contributed by atoms with Crippen LogP contribution in [0.4, 0.5) is 8.78 Å². The maximum absolute atomic E-state index is 13.7. The summed E-state index contributed by atoms with van der Waals surface area (Å²) in [5.41, 5.74) is 6.94. The van der Waals surface area contributed by atoms with Gasteiger partial charge in [-0.25, -0.2) is 8.78 Å². The molecule has 0 saturated heterocycles. The van der Waals surface area contributed by atoms with Crippen LogP contribution < -0.4 is 10.5 Å². The van der Waals surface area contributed by atoms with E-state index in [1.807, 2.05) is 24.3 Å². The molecule has 0 saturated carbocycles. The molecule has 0 bridgehead atoms. The maximum Gasteiger partial charge on any atom is 0.129 e. The van der Waals surface area contributed by atoms with Crippen molar-refractivity contribution in [1.29, 1.82) is 0 Å². The lowest BCUT2D eigenvalue weighted by Crippen LogP contribution is -2.20. The molecule has 112 valence electrons. The summed E-state index contributed by atoms with van der Waals surface area (Å²) in [4.78, 5) is 0. The van der Waals surface area contributed by atoms with Crippen molar-refractivity contribution in [2.45, 2.75) is 12.8 Å². The molecule has 0 aliphatic rings. The average Bonchev–Trinajstić information content (AvgIpc) is 2.50. The third-order valence-corrected chi connectivity index (χ3v) is 3.57. The van der Waals surface area contributed by atoms with Crippen molar-refractivity contribution >= 4 is 0 Å². The number of rotatable bonds is 6. The first-order valence-electron chi connectivity index (χ1n) is 6.90. The second kappa shape index (κ2) is 7.18. The predicted octanol–water partition coefficient (Wildman–Crippen LogP) is 3.33. The van der Waals surface area contributed by atoms with Gasteiger partial charge in [-0.1, -0.05) is 18.2 Å². The third kappa shape index (κ3) is 4.02. The summed E-state index contributed by atoms with van der Waals surface area (Å²) < 4.78 is 32.5. The number of methoxy groups -OCH3 is 1. The molecule has 4 heteroatoms. The highest BCUT2D eigenvalue weighted by atomic mass is 19.1. The summed E-state index contributed by atoms with van der Waals surface area (Å²) in [6, 6.07) is 11.5. The maximum atomic E-state index is 13.7. The topological polar surface area (TPSA) is 35.2 Å².